The standard InChI is InChI=1S/C15H16BrNO2/c1-9-7-14(18)10(2)6-13(9)17-8-11-4-3-5-12(16)15(11)19/h3-7,17-19H,8H2,1-2H3. The zero-order chi connectivity index (χ0) is 14.0. The summed E-state index contributed by atoms with van der Waals surface area (Å²) in [5.74, 6) is 0.552. The molecule has 0 saturated heterocycles. The average Bonchev–Trinajstić information content (AvgIpc) is 2.37. The first-order chi connectivity index (χ1) is 8.99. The van der Waals surface area contributed by atoms with Gasteiger partial charge in [-0.3, -0.25) is 0 Å². The lowest BCUT2D eigenvalue weighted by Crippen LogP contribution is -2.02. The molecule has 0 fully saturated rings. The highest BCUT2D eigenvalue weighted by atomic mass is 79.9. The molecule has 0 heterocycles. The molecule has 0 amide bonds. The highest BCUT2D eigenvalue weighted by molar-refractivity contribution is 9.10. The number of benzene rings is 2. The Morgan fingerprint density at radius 3 is 2.58 bits per heavy atom. The summed E-state index contributed by atoms with van der Waals surface area (Å²) in [6, 6.07) is 9.19. The van der Waals surface area contributed by atoms with Gasteiger partial charge in [0.1, 0.15) is 11.5 Å². The number of hydrogen-bond acceptors (Lipinski definition) is 3. The van der Waals surface area contributed by atoms with Crippen LogP contribution >= 0.6 is 15.9 Å². The summed E-state index contributed by atoms with van der Waals surface area (Å²) in [6.45, 7) is 4.31. The topological polar surface area (TPSA) is 52.5 Å². The van der Waals surface area contributed by atoms with Crippen LogP contribution in [-0.2, 0) is 6.54 Å². The number of nitrogens with one attached hydrogen (secondary N) is 1. The Bertz CT molecular complexity index is 611. The zero-order valence-corrected chi connectivity index (χ0v) is 12.5. The predicted octanol–water partition coefficient (Wildman–Crippen LogP) is 4.09. The minimum Gasteiger partial charge on any atom is -0.508 e. The van der Waals surface area contributed by atoms with Crippen LogP contribution in [0.25, 0.3) is 0 Å². The number of anilines is 1. The molecular formula is C15H16BrNO2. The molecule has 3 N–H and O–H groups in total. The van der Waals surface area contributed by atoms with Crippen LogP contribution in [0.15, 0.2) is 34.8 Å². The lowest BCUT2D eigenvalue weighted by molar-refractivity contribution is 0.465. The molecule has 100 valence electrons. The van der Waals surface area contributed by atoms with Crippen molar-refractivity contribution in [3.05, 3.63) is 51.5 Å². The van der Waals surface area contributed by atoms with E-state index in [1.165, 1.54) is 0 Å². The fraction of sp³-hybridized carbons (Fsp3) is 0.200. The third-order valence-corrected chi connectivity index (χ3v) is 3.72. The fourth-order valence-corrected chi connectivity index (χ4v) is 2.29. The highest BCUT2D eigenvalue weighted by Crippen LogP contribution is 2.29. The molecule has 0 radical (unpaired) electrons. The molecule has 19 heavy (non-hydrogen) atoms. The smallest absolute Gasteiger partial charge is 0.134 e. The lowest BCUT2D eigenvalue weighted by atomic mass is 10.1. The van der Waals surface area contributed by atoms with Crippen LogP contribution in [-0.4, -0.2) is 10.2 Å². The first kappa shape index (κ1) is 13.7. The van der Waals surface area contributed by atoms with Gasteiger partial charge in [0.05, 0.1) is 4.47 Å². The maximum Gasteiger partial charge on any atom is 0.134 e. The van der Waals surface area contributed by atoms with Gasteiger partial charge in [-0.25, -0.2) is 0 Å². The molecule has 2 aromatic rings. The first-order valence-corrected chi connectivity index (χ1v) is 6.79. The van der Waals surface area contributed by atoms with E-state index >= 15 is 0 Å². The Balaban J connectivity index is 2.19. The summed E-state index contributed by atoms with van der Waals surface area (Å²) >= 11 is 3.30. The molecule has 0 saturated carbocycles. The van der Waals surface area contributed by atoms with Crippen LogP contribution in [0.1, 0.15) is 16.7 Å². The number of hydrogen-bond donors (Lipinski definition) is 3. The van der Waals surface area contributed by atoms with Gasteiger partial charge in [0.25, 0.3) is 0 Å². The van der Waals surface area contributed by atoms with E-state index in [0.717, 1.165) is 22.4 Å². The molecule has 0 spiro atoms. The van der Waals surface area contributed by atoms with E-state index in [0.29, 0.717) is 16.8 Å². The lowest BCUT2D eigenvalue weighted by Gasteiger charge is -2.13. The van der Waals surface area contributed by atoms with Gasteiger partial charge in [0.2, 0.25) is 0 Å². The third-order valence-electron chi connectivity index (χ3n) is 3.08. The minimum atomic E-state index is 0.253. The molecule has 2 rings (SSSR count). The second-order valence-corrected chi connectivity index (χ2v) is 5.41. The zero-order valence-electron chi connectivity index (χ0n) is 10.9. The van der Waals surface area contributed by atoms with Crippen molar-refractivity contribution < 1.29 is 10.2 Å². The van der Waals surface area contributed by atoms with E-state index < -0.39 is 0 Å². The second kappa shape index (κ2) is 5.53. The molecular weight excluding hydrogens is 306 g/mol. The Labute approximate surface area is 121 Å². The number of phenols is 2. The van der Waals surface area contributed by atoms with Gasteiger partial charge in [-0.05, 0) is 59.1 Å². The summed E-state index contributed by atoms with van der Waals surface area (Å²) in [5.41, 5.74) is 3.57. The normalized spacial score (nSPS) is 10.5. The molecule has 4 heteroatoms. The predicted molar refractivity (Wildman–Crippen MR) is 80.7 cm³/mol. The Morgan fingerprint density at radius 2 is 1.84 bits per heavy atom. The van der Waals surface area contributed by atoms with E-state index in [-0.39, 0.29) is 5.75 Å². The van der Waals surface area contributed by atoms with Gasteiger partial charge in [-0.2, -0.15) is 0 Å². The minimum absolute atomic E-state index is 0.253. The van der Waals surface area contributed by atoms with Crippen LogP contribution in [0, 0.1) is 13.8 Å². The number of aryl methyl sites for hydroxylation is 2. The summed E-state index contributed by atoms with van der Waals surface area (Å²) in [4.78, 5) is 0. The van der Waals surface area contributed by atoms with Crippen molar-refractivity contribution >= 4 is 21.6 Å². The van der Waals surface area contributed by atoms with Crippen molar-refractivity contribution in [2.75, 3.05) is 5.32 Å². The summed E-state index contributed by atoms with van der Waals surface area (Å²) in [7, 11) is 0. The molecule has 0 aliphatic carbocycles. The number of rotatable bonds is 3. The molecule has 0 aliphatic heterocycles. The highest BCUT2D eigenvalue weighted by Gasteiger charge is 2.07. The van der Waals surface area contributed by atoms with Gasteiger partial charge in [-0.15, -0.1) is 0 Å². The van der Waals surface area contributed by atoms with Crippen molar-refractivity contribution in [1.82, 2.24) is 0 Å². The largest absolute Gasteiger partial charge is 0.508 e. The number of phenolic OH excluding ortho intramolecular Hbond substituents is 2. The van der Waals surface area contributed by atoms with Crippen molar-refractivity contribution in [3.63, 3.8) is 0 Å². The molecule has 0 aromatic heterocycles. The second-order valence-electron chi connectivity index (χ2n) is 4.55. The number of aromatic hydroxyl groups is 2. The monoisotopic (exact) mass is 321 g/mol. The van der Waals surface area contributed by atoms with Crippen LogP contribution in [0.2, 0.25) is 0 Å². The van der Waals surface area contributed by atoms with E-state index in [2.05, 4.69) is 21.2 Å². The average molecular weight is 322 g/mol. The summed E-state index contributed by atoms with van der Waals surface area (Å²) in [5, 5.41) is 22.8. The molecule has 2 aromatic carbocycles. The Kier molecular flexibility index (Phi) is 4.00. The molecule has 3 nitrogen and oxygen atoms in total. The Hall–Kier alpha value is -1.68. The summed E-state index contributed by atoms with van der Waals surface area (Å²) in [6.07, 6.45) is 0. The quantitative estimate of drug-likeness (QED) is 0.746. The van der Waals surface area contributed by atoms with Crippen molar-refractivity contribution in [2.24, 2.45) is 0 Å². The fourth-order valence-electron chi connectivity index (χ4n) is 1.88. The number of para-hydroxylation sites is 1. The number of halogens is 1. The first-order valence-electron chi connectivity index (χ1n) is 5.99. The van der Waals surface area contributed by atoms with Gasteiger partial charge in [0.15, 0.2) is 0 Å². The summed E-state index contributed by atoms with van der Waals surface area (Å²) < 4.78 is 0.686. The SMILES string of the molecule is Cc1cc(NCc2cccc(Br)c2O)c(C)cc1O. The van der Waals surface area contributed by atoms with Crippen LogP contribution in [0.3, 0.4) is 0 Å². The van der Waals surface area contributed by atoms with Gasteiger partial charge in [-0.1, -0.05) is 12.1 Å². The van der Waals surface area contributed by atoms with E-state index in [1.807, 2.05) is 32.0 Å². The van der Waals surface area contributed by atoms with E-state index in [9.17, 15) is 10.2 Å². The van der Waals surface area contributed by atoms with Gasteiger partial charge in [0, 0.05) is 17.8 Å². The molecule has 0 atom stereocenters. The maximum atomic E-state index is 9.92. The van der Waals surface area contributed by atoms with Crippen LogP contribution < -0.4 is 5.32 Å². The van der Waals surface area contributed by atoms with Crippen molar-refractivity contribution in [1.29, 1.82) is 0 Å². The van der Waals surface area contributed by atoms with Crippen molar-refractivity contribution in [2.45, 2.75) is 20.4 Å². The van der Waals surface area contributed by atoms with Gasteiger partial charge < -0.3 is 15.5 Å². The van der Waals surface area contributed by atoms with E-state index in [1.54, 1.807) is 12.1 Å². The van der Waals surface area contributed by atoms with Crippen LogP contribution in [0.4, 0.5) is 5.69 Å². The van der Waals surface area contributed by atoms with Gasteiger partial charge >= 0.3 is 0 Å². The molecule has 0 unspecified atom stereocenters. The molecule has 0 aliphatic rings. The van der Waals surface area contributed by atoms with E-state index in [4.69, 9.17) is 0 Å². The third kappa shape index (κ3) is 3.01. The van der Waals surface area contributed by atoms with Crippen molar-refractivity contribution in [3.8, 4) is 11.5 Å². The van der Waals surface area contributed by atoms with Crippen LogP contribution in [0.5, 0.6) is 11.5 Å². The Morgan fingerprint density at radius 1 is 1.11 bits per heavy atom. The maximum absolute atomic E-state index is 9.92. The molecule has 0 bridgehead atoms.